The van der Waals surface area contributed by atoms with Gasteiger partial charge in [0.1, 0.15) is 18.6 Å². The van der Waals surface area contributed by atoms with Gasteiger partial charge in [0, 0.05) is 11.3 Å². The van der Waals surface area contributed by atoms with Crippen LogP contribution in [0.1, 0.15) is 16.8 Å². The average molecular weight is 445 g/mol. The number of aryl methyl sites for hydroxylation is 1. The lowest BCUT2D eigenvalue weighted by molar-refractivity contribution is -0.113. The van der Waals surface area contributed by atoms with Gasteiger partial charge in [-0.15, -0.1) is 11.8 Å². The summed E-state index contributed by atoms with van der Waals surface area (Å²) >= 11 is 1.49. The molecule has 0 bridgehead atoms. The monoisotopic (exact) mass is 444 g/mol. The van der Waals surface area contributed by atoms with E-state index in [-0.39, 0.29) is 5.91 Å². The van der Waals surface area contributed by atoms with E-state index in [4.69, 9.17) is 9.15 Å². The number of thioether (sulfide) groups is 1. The fraction of sp³-hybridized carbons (Fsp3) is 0.154. The van der Waals surface area contributed by atoms with E-state index in [2.05, 4.69) is 10.3 Å². The van der Waals surface area contributed by atoms with Crippen LogP contribution in [0, 0.1) is 6.92 Å². The quantitative estimate of drug-likeness (QED) is 0.338. The molecule has 0 aliphatic rings. The van der Waals surface area contributed by atoms with E-state index in [0.29, 0.717) is 35.4 Å². The highest BCUT2D eigenvalue weighted by molar-refractivity contribution is 7.99. The van der Waals surface area contributed by atoms with E-state index >= 15 is 0 Å². The number of rotatable bonds is 9. The number of hydrogen-bond acceptors (Lipinski definition) is 5. The third-order valence-electron chi connectivity index (χ3n) is 4.70. The first-order valence-corrected chi connectivity index (χ1v) is 11.5. The molecule has 0 aliphatic carbocycles. The van der Waals surface area contributed by atoms with Gasteiger partial charge in [0.25, 0.3) is 0 Å². The molecule has 0 fully saturated rings. The molecule has 4 rings (SSSR count). The van der Waals surface area contributed by atoms with Crippen LogP contribution in [-0.2, 0) is 17.2 Å². The molecule has 1 amide bonds. The summed E-state index contributed by atoms with van der Waals surface area (Å²) < 4.78 is 11.5. The number of anilines is 1. The Morgan fingerprint density at radius 1 is 1.03 bits per heavy atom. The number of nitrogens with zero attached hydrogens (tertiary/aromatic N) is 1. The number of carbonyl (C=O) groups is 1. The standard InChI is InChI=1S/C26H24N2O3S/c1-19-12-13-23(24(14-19)30-15-20-8-4-2-5-9-20)28-25(29)18-32-17-22-16-31-26(27-22)21-10-6-3-7-11-21/h2-14,16H,15,17-18H2,1H3,(H,28,29). The van der Waals surface area contributed by atoms with Gasteiger partial charge in [0.15, 0.2) is 0 Å². The van der Waals surface area contributed by atoms with E-state index in [0.717, 1.165) is 22.4 Å². The van der Waals surface area contributed by atoms with Crippen molar-refractivity contribution in [3.8, 4) is 17.2 Å². The van der Waals surface area contributed by atoms with E-state index in [1.54, 1.807) is 6.26 Å². The second kappa shape index (κ2) is 10.7. The molecule has 6 heteroatoms. The van der Waals surface area contributed by atoms with Crippen molar-refractivity contribution in [1.29, 1.82) is 0 Å². The molecule has 1 N–H and O–H groups in total. The molecule has 5 nitrogen and oxygen atoms in total. The number of nitrogens with one attached hydrogen (secondary N) is 1. The highest BCUT2D eigenvalue weighted by Crippen LogP contribution is 2.27. The predicted octanol–water partition coefficient (Wildman–Crippen LogP) is 6.10. The SMILES string of the molecule is Cc1ccc(NC(=O)CSCc2coc(-c3ccccc3)n2)c(OCc2ccccc2)c1. The maximum Gasteiger partial charge on any atom is 0.234 e. The minimum atomic E-state index is -0.0878. The third kappa shape index (κ3) is 6.02. The van der Waals surface area contributed by atoms with Crippen LogP contribution in [0.2, 0.25) is 0 Å². The summed E-state index contributed by atoms with van der Waals surface area (Å²) in [5.41, 5.74) is 4.56. The third-order valence-corrected chi connectivity index (χ3v) is 5.67. The van der Waals surface area contributed by atoms with Crippen LogP contribution in [0.25, 0.3) is 11.5 Å². The Balaban J connectivity index is 1.30. The van der Waals surface area contributed by atoms with Gasteiger partial charge >= 0.3 is 0 Å². The minimum Gasteiger partial charge on any atom is -0.487 e. The zero-order chi connectivity index (χ0) is 22.2. The van der Waals surface area contributed by atoms with E-state index < -0.39 is 0 Å². The summed E-state index contributed by atoms with van der Waals surface area (Å²) in [6.45, 7) is 2.44. The Morgan fingerprint density at radius 2 is 1.78 bits per heavy atom. The maximum absolute atomic E-state index is 12.5. The van der Waals surface area contributed by atoms with Crippen molar-refractivity contribution in [2.75, 3.05) is 11.1 Å². The largest absolute Gasteiger partial charge is 0.487 e. The molecule has 1 heterocycles. The predicted molar refractivity (Wildman–Crippen MR) is 129 cm³/mol. The summed E-state index contributed by atoms with van der Waals surface area (Å²) in [6, 6.07) is 25.5. The lowest BCUT2D eigenvalue weighted by Gasteiger charge is -2.13. The molecule has 4 aromatic rings. The van der Waals surface area contributed by atoms with Crippen LogP contribution in [0.15, 0.2) is 89.5 Å². The molecule has 0 saturated heterocycles. The van der Waals surface area contributed by atoms with E-state index in [9.17, 15) is 4.79 Å². The molecule has 0 spiro atoms. The Labute approximate surface area is 191 Å². The number of ether oxygens (including phenoxy) is 1. The molecule has 1 aromatic heterocycles. The Kier molecular flexibility index (Phi) is 7.25. The molecule has 0 unspecified atom stereocenters. The molecular weight excluding hydrogens is 420 g/mol. The van der Waals surface area contributed by atoms with Crippen LogP contribution < -0.4 is 10.1 Å². The van der Waals surface area contributed by atoms with Crippen molar-refractivity contribution >= 4 is 23.4 Å². The topological polar surface area (TPSA) is 64.4 Å². The highest BCUT2D eigenvalue weighted by atomic mass is 32.2. The van der Waals surface area contributed by atoms with Crippen LogP contribution in [0.3, 0.4) is 0 Å². The van der Waals surface area contributed by atoms with Crippen molar-refractivity contribution in [1.82, 2.24) is 4.98 Å². The average Bonchev–Trinajstić information content (AvgIpc) is 3.29. The maximum atomic E-state index is 12.5. The smallest absolute Gasteiger partial charge is 0.234 e. The van der Waals surface area contributed by atoms with E-state index in [1.165, 1.54) is 11.8 Å². The molecule has 0 aliphatic heterocycles. The van der Waals surface area contributed by atoms with Gasteiger partial charge in [-0.05, 0) is 42.3 Å². The fourth-order valence-corrected chi connectivity index (χ4v) is 3.81. The fourth-order valence-electron chi connectivity index (χ4n) is 3.11. The molecule has 162 valence electrons. The second-order valence-corrected chi connectivity index (χ2v) is 8.31. The second-order valence-electron chi connectivity index (χ2n) is 7.32. The first-order chi connectivity index (χ1) is 15.7. The number of aromatic nitrogens is 1. The number of carbonyl (C=O) groups excluding carboxylic acids is 1. The van der Waals surface area contributed by atoms with Gasteiger partial charge in [0.2, 0.25) is 11.8 Å². The first-order valence-electron chi connectivity index (χ1n) is 10.3. The molecule has 0 atom stereocenters. The summed E-state index contributed by atoms with van der Waals surface area (Å²) in [5, 5.41) is 2.96. The van der Waals surface area contributed by atoms with Gasteiger partial charge in [-0.1, -0.05) is 54.6 Å². The van der Waals surface area contributed by atoms with Crippen molar-refractivity contribution in [2.45, 2.75) is 19.3 Å². The van der Waals surface area contributed by atoms with Gasteiger partial charge < -0.3 is 14.5 Å². The van der Waals surface area contributed by atoms with Crippen molar-refractivity contribution in [3.05, 3.63) is 102 Å². The molecular formula is C26H24N2O3S. The minimum absolute atomic E-state index is 0.0878. The summed E-state index contributed by atoms with van der Waals surface area (Å²) in [7, 11) is 0. The first kappa shape index (κ1) is 21.7. The Bertz CT molecular complexity index is 1160. The van der Waals surface area contributed by atoms with Crippen LogP contribution in [0.4, 0.5) is 5.69 Å². The lowest BCUT2D eigenvalue weighted by Crippen LogP contribution is -2.15. The number of benzene rings is 3. The Morgan fingerprint density at radius 3 is 2.56 bits per heavy atom. The molecule has 0 saturated carbocycles. The van der Waals surface area contributed by atoms with E-state index in [1.807, 2.05) is 85.8 Å². The zero-order valence-corrected chi connectivity index (χ0v) is 18.6. The highest BCUT2D eigenvalue weighted by Gasteiger charge is 2.11. The normalized spacial score (nSPS) is 10.7. The van der Waals surface area contributed by atoms with Gasteiger partial charge in [0.05, 0.1) is 17.1 Å². The number of hydrogen-bond donors (Lipinski definition) is 1. The van der Waals surface area contributed by atoms with Crippen LogP contribution in [0.5, 0.6) is 5.75 Å². The summed E-state index contributed by atoms with van der Waals surface area (Å²) in [5.74, 6) is 2.06. The zero-order valence-electron chi connectivity index (χ0n) is 17.8. The summed E-state index contributed by atoms with van der Waals surface area (Å²) in [6.07, 6.45) is 1.64. The Hall–Kier alpha value is -3.51. The van der Waals surface area contributed by atoms with Crippen molar-refractivity contribution in [3.63, 3.8) is 0 Å². The molecule has 32 heavy (non-hydrogen) atoms. The molecule has 3 aromatic carbocycles. The van der Waals surface area contributed by atoms with Crippen LogP contribution >= 0.6 is 11.8 Å². The van der Waals surface area contributed by atoms with Gasteiger partial charge in [-0.2, -0.15) is 0 Å². The number of amides is 1. The van der Waals surface area contributed by atoms with Crippen molar-refractivity contribution < 1.29 is 13.9 Å². The number of oxazole rings is 1. The van der Waals surface area contributed by atoms with Crippen LogP contribution in [-0.4, -0.2) is 16.6 Å². The molecule has 0 radical (unpaired) electrons. The van der Waals surface area contributed by atoms with Gasteiger partial charge in [-0.3, -0.25) is 4.79 Å². The summed E-state index contributed by atoms with van der Waals surface area (Å²) in [4.78, 5) is 17.0. The van der Waals surface area contributed by atoms with Gasteiger partial charge in [-0.25, -0.2) is 4.98 Å². The van der Waals surface area contributed by atoms with Crippen molar-refractivity contribution in [2.24, 2.45) is 0 Å². The lowest BCUT2D eigenvalue weighted by atomic mass is 10.2.